The Hall–Kier alpha value is -1.66. The number of benzene rings is 1. The Kier molecular flexibility index (Phi) is 4.80. The number of nitrogens with one attached hydrogen (secondary N) is 1. The molecule has 0 spiro atoms. The van der Waals surface area contributed by atoms with Crippen molar-refractivity contribution < 1.29 is 9.90 Å². The van der Waals surface area contributed by atoms with Crippen LogP contribution in [0.3, 0.4) is 0 Å². The summed E-state index contributed by atoms with van der Waals surface area (Å²) in [5.74, 6) is 0.0293. The van der Waals surface area contributed by atoms with Crippen LogP contribution >= 0.6 is 12.2 Å². The third kappa shape index (κ3) is 3.92. The predicted molar refractivity (Wildman–Crippen MR) is 86.2 cm³/mol. The normalized spacial score (nSPS) is 18.1. The molecule has 0 bridgehead atoms. The maximum absolute atomic E-state index is 12.3. The monoisotopic (exact) mass is 307 g/mol. The van der Waals surface area contributed by atoms with Crippen molar-refractivity contribution in [3.8, 4) is 5.75 Å². The molecule has 6 heteroatoms. The molecule has 2 rings (SSSR count). The number of aromatic hydroxyl groups is 1. The lowest BCUT2D eigenvalue weighted by Gasteiger charge is -2.40. The second-order valence-corrected chi connectivity index (χ2v) is 6.08. The first-order chi connectivity index (χ1) is 9.91. The molecule has 5 nitrogen and oxygen atoms in total. The van der Waals surface area contributed by atoms with Gasteiger partial charge in [0.1, 0.15) is 5.75 Å². The predicted octanol–water partition coefficient (Wildman–Crippen LogP) is 0.801. The number of carbonyl (C=O) groups is 1. The standard InChI is InChI=1S/C15H21N3O2S/c1-18-7-5-15(6-8-18,14(16)21)17-13(20)10-11-3-2-4-12(19)9-11/h2-4,9,19H,5-8,10H2,1H3,(H2,16,21)(H,17,20). The van der Waals surface area contributed by atoms with Crippen LogP contribution in [0.5, 0.6) is 5.75 Å². The van der Waals surface area contributed by atoms with E-state index in [1.807, 2.05) is 7.05 Å². The second kappa shape index (κ2) is 6.41. The Morgan fingerprint density at radius 1 is 1.48 bits per heavy atom. The minimum absolute atomic E-state index is 0.127. The number of likely N-dealkylation sites (tertiary alicyclic amines) is 1. The van der Waals surface area contributed by atoms with Gasteiger partial charge >= 0.3 is 0 Å². The van der Waals surface area contributed by atoms with Crippen LogP contribution in [0.4, 0.5) is 0 Å². The highest BCUT2D eigenvalue weighted by Crippen LogP contribution is 2.22. The summed E-state index contributed by atoms with van der Waals surface area (Å²) in [6.45, 7) is 1.70. The number of nitrogens with zero attached hydrogens (tertiary/aromatic N) is 1. The highest BCUT2D eigenvalue weighted by molar-refractivity contribution is 7.80. The van der Waals surface area contributed by atoms with Crippen molar-refractivity contribution in [2.24, 2.45) is 5.73 Å². The number of nitrogens with two attached hydrogens (primary N) is 1. The molecular formula is C15H21N3O2S. The summed E-state index contributed by atoms with van der Waals surface area (Å²) in [4.78, 5) is 14.8. The van der Waals surface area contributed by atoms with Crippen LogP contribution in [0.15, 0.2) is 24.3 Å². The zero-order valence-electron chi connectivity index (χ0n) is 12.1. The van der Waals surface area contributed by atoms with Crippen molar-refractivity contribution in [2.45, 2.75) is 24.8 Å². The quantitative estimate of drug-likeness (QED) is 0.717. The molecule has 0 unspecified atom stereocenters. The van der Waals surface area contributed by atoms with E-state index in [0.29, 0.717) is 4.99 Å². The van der Waals surface area contributed by atoms with Crippen LogP contribution in [0, 0.1) is 0 Å². The fourth-order valence-electron chi connectivity index (χ4n) is 2.60. The van der Waals surface area contributed by atoms with Crippen LogP contribution in [-0.4, -0.2) is 46.6 Å². The summed E-state index contributed by atoms with van der Waals surface area (Å²) in [7, 11) is 2.04. The molecule has 1 heterocycles. The Morgan fingerprint density at radius 3 is 2.71 bits per heavy atom. The smallest absolute Gasteiger partial charge is 0.225 e. The number of piperidine rings is 1. The van der Waals surface area contributed by atoms with Crippen LogP contribution in [0.25, 0.3) is 0 Å². The van der Waals surface area contributed by atoms with Gasteiger partial charge in [0.2, 0.25) is 5.91 Å². The van der Waals surface area contributed by atoms with Crippen molar-refractivity contribution in [2.75, 3.05) is 20.1 Å². The average molecular weight is 307 g/mol. The number of amides is 1. The largest absolute Gasteiger partial charge is 0.508 e. The topological polar surface area (TPSA) is 78.6 Å². The number of thiocarbonyl (C=S) groups is 1. The van der Waals surface area contributed by atoms with Gasteiger partial charge in [-0.25, -0.2) is 0 Å². The van der Waals surface area contributed by atoms with Crippen LogP contribution in [0.1, 0.15) is 18.4 Å². The summed E-state index contributed by atoms with van der Waals surface area (Å²) < 4.78 is 0. The molecule has 0 atom stereocenters. The Labute approximate surface area is 130 Å². The van der Waals surface area contributed by atoms with Crippen LogP contribution in [0.2, 0.25) is 0 Å². The van der Waals surface area contributed by atoms with Crippen molar-refractivity contribution in [3.63, 3.8) is 0 Å². The first-order valence-electron chi connectivity index (χ1n) is 6.99. The van der Waals surface area contributed by atoms with Gasteiger partial charge in [-0.1, -0.05) is 24.4 Å². The van der Waals surface area contributed by atoms with Gasteiger partial charge in [0, 0.05) is 13.1 Å². The fourth-order valence-corrected chi connectivity index (χ4v) is 2.85. The van der Waals surface area contributed by atoms with E-state index in [9.17, 15) is 9.90 Å². The van der Waals surface area contributed by atoms with Crippen LogP contribution in [-0.2, 0) is 11.2 Å². The summed E-state index contributed by atoms with van der Waals surface area (Å²) >= 11 is 5.17. The zero-order valence-corrected chi connectivity index (χ0v) is 12.9. The molecule has 0 aliphatic carbocycles. The second-order valence-electron chi connectivity index (χ2n) is 5.64. The third-order valence-corrected chi connectivity index (χ3v) is 4.36. The number of carbonyl (C=O) groups excluding carboxylic acids is 1. The van der Waals surface area contributed by atoms with Crippen molar-refractivity contribution in [1.82, 2.24) is 10.2 Å². The van der Waals surface area contributed by atoms with Gasteiger partial charge in [-0.05, 0) is 37.6 Å². The third-order valence-electron chi connectivity index (χ3n) is 3.97. The van der Waals surface area contributed by atoms with E-state index in [0.717, 1.165) is 31.5 Å². The molecule has 1 aromatic rings. The number of rotatable bonds is 4. The minimum Gasteiger partial charge on any atom is -0.508 e. The van der Waals surface area contributed by atoms with E-state index in [1.165, 1.54) is 0 Å². The molecule has 21 heavy (non-hydrogen) atoms. The summed E-state index contributed by atoms with van der Waals surface area (Å²) in [6, 6.07) is 6.69. The first kappa shape index (κ1) is 15.7. The van der Waals surface area contributed by atoms with E-state index < -0.39 is 5.54 Å². The molecule has 0 radical (unpaired) electrons. The first-order valence-corrected chi connectivity index (χ1v) is 7.39. The lowest BCUT2D eigenvalue weighted by atomic mass is 9.87. The van der Waals surface area contributed by atoms with E-state index in [-0.39, 0.29) is 18.1 Å². The Bertz CT molecular complexity index is 539. The van der Waals surface area contributed by atoms with Gasteiger partial charge in [-0.3, -0.25) is 4.79 Å². The molecule has 4 N–H and O–H groups in total. The molecular weight excluding hydrogens is 286 g/mol. The Balaban J connectivity index is 2.04. The van der Waals surface area contributed by atoms with Crippen molar-refractivity contribution in [1.29, 1.82) is 0 Å². The summed E-state index contributed by atoms with van der Waals surface area (Å²) in [5.41, 5.74) is 6.05. The molecule has 114 valence electrons. The molecule has 0 saturated carbocycles. The number of hydrogen-bond donors (Lipinski definition) is 3. The van der Waals surface area contributed by atoms with E-state index in [2.05, 4.69) is 10.2 Å². The average Bonchev–Trinajstić information content (AvgIpc) is 2.41. The van der Waals surface area contributed by atoms with E-state index >= 15 is 0 Å². The van der Waals surface area contributed by atoms with Crippen molar-refractivity contribution in [3.05, 3.63) is 29.8 Å². The highest BCUT2D eigenvalue weighted by atomic mass is 32.1. The van der Waals surface area contributed by atoms with Crippen LogP contribution < -0.4 is 11.1 Å². The van der Waals surface area contributed by atoms with Gasteiger partial charge in [0.05, 0.1) is 16.9 Å². The van der Waals surface area contributed by atoms with Gasteiger partial charge < -0.3 is 21.1 Å². The van der Waals surface area contributed by atoms with Crippen molar-refractivity contribution >= 4 is 23.1 Å². The maximum Gasteiger partial charge on any atom is 0.225 e. The zero-order chi connectivity index (χ0) is 15.5. The lowest BCUT2D eigenvalue weighted by Crippen LogP contribution is -2.61. The minimum atomic E-state index is -0.588. The van der Waals surface area contributed by atoms with E-state index in [1.54, 1.807) is 24.3 Å². The van der Waals surface area contributed by atoms with Gasteiger partial charge in [-0.2, -0.15) is 0 Å². The molecule has 1 saturated heterocycles. The van der Waals surface area contributed by atoms with E-state index in [4.69, 9.17) is 18.0 Å². The number of hydrogen-bond acceptors (Lipinski definition) is 4. The summed E-state index contributed by atoms with van der Waals surface area (Å²) in [5, 5.41) is 12.4. The SMILES string of the molecule is CN1CCC(NC(=O)Cc2cccc(O)c2)(C(N)=S)CC1. The number of phenolic OH excluding ortho intramolecular Hbond substituents is 1. The maximum atomic E-state index is 12.3. The molecule has 1 fully saturated rings. The lowest BCUT2D eigenvalue weighted by molar-refractivity contribution is -0.122. The molecule has 1 amide bonds. The Morgan fingerprint density at radius 2 is 2.14 bits per heavy atom. The van der Waals surface area contributed by atoms with Gasteiger partial charge in [0.15, 0.2) is 0 Å². The fraction of sp³-hybridized carbons (Fsp3) is 0.467. The molecule has 1 aliphatic heterocycles. The molecule has 1 aromatic carbocycles. The molecule has 0 aromatic heterocycles. The summed E-state index contributed by atoms with van der Waals surface area (Å²) in [6.07, 6.45) is 1.66. The number of phenols is 1. The highest BCUT2D eigenvalue weighted by Gasteiger charge is 2.37. The van der Waals surface area contributed by atoms with Gasteiger partial charge in [-0.15, -0.1) is 0 Å². The van der Waals surface area contributed by atoms with Gasteiger partial charge in [0.25, 0.3) is 0 Å². The molecule has 1 aliphatic rings.